The largest absolute Gasteiger partial charge is 0.492 e. The highest BCUT2D eigenvalue weighted by Gasteiger charge is 2.23. The zero-order valence-electron chi connectivity index (χ0n) is 24.2. The lowest BCUT2D eigenvalue weighted by molar-refractivity contribution is 0.102. The summed E-state index contributed by atoms with van der Waals surface area (Å²) in [6.45, 7) is 3.06. The van der Waals surface area contributed by atoms with E-state index < -0.39 is 11.5 Å². The Morgan fingerprint density at radius 1 is 1.05 bits per heavy atom. The van der Waals surface area contributed by atoms with Gasteiger partial charge in [-0.25, -0.2) is 14.6 Å². The van der Waals surface area contributed by atoms with E-state index in [1.165, 1.54) is 10.9 Å². The number of amides is 1. The summed E-state index contributed by atoms with van der Waals surface area (Å²) < 4.78 is 8.87. The monoisotopic (exact) mass is 598 g/mol. The second-order valence-electron chi connectivity index (χ2n) is 10.1. The van der Waals surface area contributed by atoms with Gasteiger partial charge in [0, 0.05) is 24.2 Å². The fourth-order valence-electron chi connectivity index (χ4n) is 4.49. The van der Waals surface area contributed by atoms with Gasteiger partial charge in [-0.1, -0.05) is 29.8 Å². The Balaban J connectivity index is 1.35. The Morgan fingerprint density at radius 3 is 2.56 bits per heavy atom. The number of nitrogen functional groups attached to an aromatic ring is 1. The number of aromatic nitrogens is 5. The molecule has 0 atom stereocenters. The van der Waals surface area contributed by atoms with Gasteiger partial charge in [0.05, 0.1) is 40.9 Å². The van der Waals surface area contributed by atoms with Crippen LogP contribution in [0.2, 0.25) is 5.02 Å². The molecule has 1 amide bonds. The molecule has 5 rings (SSSR count). The zero-order chi connectivity index (χ0) is 30.7. The first kappa shape index (κ1) is 29.5. The number of hydrogen-bond acceptors (Lipinski definition) is 8. The molecule has 43 heavy (non-hydrogen) atoms. The summed E-state index contributed by atoms with van der Waals surface area (Å²) in [6, 6.07) is 17.8. The van der Waals surface area contributed by atoms with Crippen LogP contribution in [0.4, 0.5) is 11.5 Å². The van der Waals surface area contributed by atoms with E-state index in [0.717, 1.165) is 17.9 Å². The second kappa shape index (κ2) is 12.5. The van der Waals surface area contributed by atoms with Crippen molar-refractivity contribution in [1.82, 2.24) is 29.2 Å². The Hall–Kier alpha value is -5.00. The highest BCUT2D eigenvalue weighted by molar-refractivity contribution is 6.30. The van der Waals surface area contributed by atoms with E-state index in [1.807, 2.05) is 43.3 Å². The number of nitrogens with one attached hydrogen (secondary N) is 1. The van der Waals surface area contributed by atoms with Gasteiger partial charge in [0.2, 0.25) is 0 Å². The summed E-state index contributed by atoms with van der Waals surface area (Å²) in [5, 5.41) is 3.25. The SMILES string of the molecule is Cc1c(C(=O)Nc2ccc(-c3nc(-c4cccc(OCCN(C)C)c4)cnc3N)nc2)c(=O)n(-c2cccc(Cl)c2)n1C. The van der Waals surface area contributed by atoms with E-state index in [1.54, 1.807) is 61.2 Å². The molecule has 3 N–H and O–H groups in total. The van der Waals surface area contributed by atoms with Gasteiger partial charge in [-0.3, -0.25) is 19.3 Å². The fourth-order valence-corrected chi connectivity index (χ4v) is 4.67. The van der Waals surface area contributed by atoms with Crippen LogP contribution in [0, 0.1) is 6.92 Å². The van der Waals surface area contributed by atoms with Crippen molar-refractivity contribution in [2.45, 2.75) is 6.92 Å². The summed E-state index contributed by atoms with van der Waals surface area (Å²) in [5.74, 6) is 0.390. The molecule has 12 heteroatoms. The second-order valence-corrected chi connectivity index (χ2v) is 10.6. The maximum atomic E-state index is 13.3. The van der Waals surface area contributed by atoms with E-state index in [9.17, 15) is 9.59 Å². The Morgan fingerprint density at radius 2 is 1.84 bits per heavy atom. The van der Waals surface area contributed by atoms with Gasteiger partial charge in [-0.2, -0.15) is 0 Å². The number of nitrogens with zero attached hydrogens (tertiary/aromatic N) is 6. The lowest BCUT2D eigenvalue weighted by atomic mass is 10.1. The normalized spacial score (nSPS) is 11.1. The molecule has 0 aliphatic carbocycles. The molecule has 0 fully saturated rings. The molecule has 3 aromatic heterocycles. The molecular weight excluding hydrogens is 568 g/mol. The quantitative estimate of drug-likeness (QED) is 0.255. The maximum Gasteiger partial charge on any atom is 0.284 e. The Bertz CT molecular complexity index is 1850. The Kier molecular flexibility index (Phi) is 8.56. The van der Waals surface area contributed by atoms with Crippen LogP contribution in [0.5, 0.6) is 5.75 Å². The first-order valence-corrected chi connectivity index (χ1v) is 13.8. The molecule has 0 aliphatic rings. The summed E-state index contributed by atoms with van der Waals surface area (Å²) in [6.07, 6.45) is 3.08. The molecule has 0 radical (unpaired) electrons. The summed E-state index contributed by atoms with van der Waals surface area (Å²) in [7, 11) is 5.69. The molecule has 11 nitrogen and oxygen atoms in total. The van der Waals surface area contributed by atoms with Crippen molar-refractivity contribution >= 4 is 29.0 Å². The highest BCUT2D eigenvalue weighted by atomic mass is 35.5. The first-order chi connectivity index (χ1) is 20.6. The predicted molar refractivity (Wildman–Crippen MR) is 168 cm³/mol. The summed E-state index contributed by atoms with van der Waals surface area (Å²) in [5.41, 5.74) is 9.48. The fraction of sp³-hybridized carbons (Fsp3) is 0.194. The van der Waals surface area contributed by atoms with E-state index in [4.69, 9.17) is 27.1 Å². The molecule has 220 valence electrons. The minimum atomic E-state index is -0.553. The predicted octanol–water partition coefficient (Wildman–Crippen LogP) is 4.43. The number of likely N-dealkylation sites (N-methyl/N-ethyl adjacent to an activating group) is 1. The van der Waals surface area contributed by atoms with Gasteiger partial charge >= 0.3 is 0 Å². The minimum Gasteiger partial charge on any atom is -0.492 e. The molecule has 0 bridgehead atoms. The molecule has 2 aromatic carbocycles. The Labute approximate surface area is 253 Å². The maximum absolute atomic E-state index is 13.3. The van der Waals surface area contributed by atoms with Crippen molar-refractivity contribution in [3.63, 3.8) is 0 Å². The summed E-state index contributed by atoms with van der Waals surface area (Å²) in [4.78, 5) is 42.0. The number of pyridine rings is 1. The topological polar surface area (TPSA) is 133 Å². The average molecular weight is 599 g/mol. The van der Waals surface area contributed by atoms with Crippen molar-refractivity contribution in [3.8, 4) is 34.1 Å². The van der Waals surface area contributed by atoms with Gasteiger partial charge < -0.3 is 20.7 Å². The molecule has 0 saturated heterocycles. The number of halogens is 1. The van der Waals surface area contributed by atoms with E-state index in [2.05, 4.69) is 15.3 Å². The van der Waals surface area contributed by atoms with E-state index in [-0.39, 0.29) is 11.4 Å². The van der Waals surface area contributed by atoms with E-state index in [0.29, 0.717) is 45.8 Å². The molecular formula is C31H31ClN8O3. The molecule has 5 aromatic rings. The van der Waals surface area contributed by atoms with Crippen LogP contribution in [0.1, 0.15) is 16.1 Å². The number of carbonyl (C=O) groups excluding carboxylic acids is 1. The van der Waals surface area contributed by atoms with Crippen LogP contribution in [-0.4, -0.2) is 62.4 Å². The summed E-state index contributed by atoms with van der Waals surface area (Å²) >= 11 is 6.12. The number of benzene rings is 2. The molecule has 0 saturated carbocycles. The minimum absolute atomic E-state index is 0.0160. The lowest BCUT2D eigenvalue weighted by Crippen LogP contribution is -2.25. The lowest BCUT2D eigenvalue weighted by Gasteiger charge is -2.12. The highest BCUT2D eigenvalue weighted by Crippen LogP contribution is 2.27. The van der Waals surface area contributed by atoms with Gasteiger partial charge in [-0.15, -0.1) is 0 Å². The zero-order valence-corrected chi connectivity index (χ0v) is 25.0. The standard InChI is InChI=1S/C31H31ClN8O3/c1-19-27(31(42)40(39(19)4)23-9-6-8-21(32)16-23)30(41)36-22-11-12-25(34-17-22)28-29(33)35-18-26(37-28)20-7-5-10-24(15-20)43-14-13-38(2)3/h5-12,15-18H,13-14H2,1-4H3,(H2,33,35)(H,36,41). The van der Waals surface area contributed by atoms with Crippen LogP contribution in [0.25, 0.3) is 28.3 Å². The number of ether oxygens (including phenoxy) is 1. The molecule has 0 aliphatic heterocycles. The van der Waals surface area contributed by atoms with Gasteiger partial charge in [0.15, 0.2) is 5.82 Å². The van der Waals surface area contributed by atoms with Crippen molar-refractivity contribution < 1.29 is 9.53 Å². The third kappa shape index (κ3) is 6.42. The number of nitrogens with two attached hydrogens (primary N) is 1. The van der Waals surface area contributed by atoms with Gasteiger partial charge in [0.25, 0.3) is 11.5 Å². The van der Waals surface area contributed by atoms with Crippen molar-refractivity contribution in [2.75, 3.05) is 38.3 Å². The van der Waals surface area contributed by atoms with Crippen LogP contribution >= 0.6 is 11.6 Å². The molecule has 0 unspecified atom stereocenters. The number of anilines is 2. The van der Waals surface area contributed by atoms with Gasteiger partial charge in [0.1, 0.15) is 23.6 Å². The number of rotatable bonds is 9. The first-order valence-electron chi connectivity index (χ1n) is 13.4. The smallest absolute Gasteiger partial charge is 0.284 e. The van der Waals surface area contributed by atoms with Crippen LogP contribution in [0.3, 0.4) is 0 Å². The van der Waals surface area contributed by atoms with Crippen molar-refractivity contribution in [2.24, 2.45) is 7.05 Å². The van der Waals surface area contributed by atoms with Crippen molar-refractivity contribution in [1.29, 1.82) is 0 Å². The third-order valence-electron chi connectivity index (χ3n) is 6.84. The third-order valence-corrected chi connectivity index (χ3v) is 7.07. The average Bonchev–Trinajstić information content (AvgIpc) is 3.21. The number of hydrogen-bond donors (Lipinski definition) is 2. The van der Waals surface area contributed by atoms with Gasteiger partial charge in [-0.05, 0) is 63.5 Å². The van der Waals surface area contributed by atoms with Crippen molar-refractivity contribution in [3.05, 3.63) is 99.7 Å². The molecule has 3 heterocycles. The van der Waals surface area contributed by atoms with E-state index >= 15 is 0 Å². The van der Waals surface area contributed by atoms with Crippen LogP contribution in [0.15, 0.2) is 77.9 Å². The number of carbonyl (C=O) groups is 1. The van der Waals surface area contributed by atoms with Crippen LogP contribution < -0.4 is 21.3 Å². The molecule has 0 spiro atoms. The van der Waals surface area contributed by atoms with Crippen LogP contribution in [-0.2, 0) is 7.05 Å².